The molecule has 8 heteroatoms. The summed E-state index contributed by atoms with van der Waals surface area (Å²) in [5, 5.41) is 6.45. The van der Waals surface area contributed by atoms with Crippen molar-refractivity contribution in [3.05, 3.63) is 35.2 Å². The van der Waals surface area contributed by atoms with E-state index in [-0.39, 0.29) is 12.4 Å². The van der Waals surface area contributed by atoms with Gasteiger partial charge in [0.1, 0.15) is 11.6 Å². The molecule has 1 heterocycles. The smallest absolute Gasteiger partial charge is 0.309 e. The maximum absolute atomic E-state index is 11.2. The molecular formula is C15H18N4O3S. The Kier molecular flexibility index (Phi) is 6.37. The first kappa shape index (κ1) is 16.8. The number of ether oxygens (including phenoxy) is 2. The topological polar surface area (TPSA) is 98.8 Å². The molecule has 23 heavy (non-hydrogen) atoms. The van der Waals surface area contributed by atoms with Gasteiger partial charge in [-0.15, -0.1) is 11.3 Å². The number of nitrogens with two attached hydrogens (primary N) is 1. The van der Waals surface area contributed by atoms with Crippen LogP contribution >= 0.6 is 11.3 Å². The number of hydrogen-bond donors (Lipinski definition) is 2. The fourth-order valence-corrected chi connectivity index (χ4v) is 2.18. The van der Waals surface area contributed by atoms with Crippen LogP contribution in [0.2, 0.25) is 0 Å². The first-order chi connectivity index (χ1) is 11.2. The second-order valence-electron chi connectivity index (χ2n) is 4.42. The van der Waals surface area contributed by atoms with E-state index in [4.69, 9.17) is 15.2 Å². The molecule has 0 saturated heterocycles. The molecule has 0 spiro atoms. The van der Waals surface area contributed by atoms with Crippen LogP contribution < -0.4 is 15.9 Å². The van der Waals surface area contributed by atoms with Gasteiger partial charge in [-0.25, -0.2) is 4.98 Å². The van der Waals surface area contributed by atoms with Crippen molar-refractivity contribution in [3.8, 4) is 5.75 Å². The number of carbonyl (C=O) groups is 1. The molecule has 2 rings (SSSR count). The molecule has 7 nitrogen and oxygen atoms in total. The van der Waals surface area contributed by atoms with Gasteiger partial charge in [-0.05, 0) is 36.8 Å². The summed E-state index contributed by atoms with van der Waals surface area (Å²) in [6.45, 7) is 2.45. The van der Waals surface area contributed by atoms with Crippen molar-refractivity contribution >= 4 is 34.5 Å². The highest BCUT2D eigenvalue weighted by Crippen LogP contribution is 2.16. The second-order valence-corrected chi connectivity index (χ2v) is 5.28. The maximum Gasteiger partial charge on any atom is 0.309 e. The lowest BCUT2D eigenvalue weighted by atomic mass is 10.2. The summed E-state index contributed by atoms with van der Waals surface area (Å²) in [5.74, 6) is 0.897. The van der Waals surface area contributed by atoms with Crippen LogP contribution in [0.3, 0.4) is 0 Å². The summed E-state index contributed by atoms with van der Waals surface area (Å²) >= 11 is 1.38. The van der Waals surface area contributed by atoms with Crippen LogP contribution in [0.15, 0.2) is 34.7 Å². The summed E-state index contributed by atoms with van der Waals surface area (Å²) in [6.07, 6.45) is 1.90. The minimum Gasteiger partial charge on any atom is -0.493 e. The Morgan fingerprint density at radius 1 is 1.43 bits per heavy atom. The number of hydrazone groups is 1. The third-order valence-corrected chi connectivity index (χ3v) is 3.42. The van der Waals surface area contributed by atoms with Crippen LogP contribution in [0, 0.1) is 0 Å². The predicted octanol–water partition coefficient (Wildman–Crippen LogP) is 2.50. The molecule has 122 valence electrons. The molecule has 3 N–H and O–H groups in total. The van der Waals surface area contributed by atoms with Crippen LogP contribution in [-0.2, 0) is 9.53 Å². The molecule has 0 bridgehead atoms. The largest absolute Gasteiger partial charge is 0.493 e. The van der Waals surface area contributed by atoms with Gasteiger partial charge in [0.25, 0.3) is 0 Å². The van der Waals surface area contributed by atoms with Crippen LogP contribution in [0.25, 0.3) is 0 Å². The Labute approximate surface area is 138 Å². The van der Waals surface area contributed by atoms with Gasteiger partial charge >= 0.3 is 5.97 Å². The molecule has 0 saturated carbocycles. The van der Waals surface area contributed by atoms with E-state index in [2.05, 4.69) is 15.5 Å². The zero-order chi connectivity index (χ0) is 16.5. The number of anilines is 2. The minimum absolute atomic E-state index is 0.234. The number of nitrogens with zero attached hydrogens (tertiary/aromatic N) is 2. The van der Waals surface area contributed by atoms with Gasteiger partial charge in [0.05, 0.1) is 25.8 Å². The Bertz CT molecular complexity index is 655. The van der Waals surface area contributed by atoms with Crippen LogP contribution in [0.4, 0.5) is 10.9 Å². The Hall–Kier alpha value is -2.61. The van der Waals surface area contributed by atoms with Crippen molar-refractivity contribution in [2.45, 2.75) is 13.3 Å². The van der Waals surface area contributed by atoms with E-state index in [1.165, 1.54) is 11.3 Å². The summed E-state index contributed by atoms with van der Waals surface area (Å²) in [7, 11) is 0. The van der Waals surface area contributed by atoms with Gasteiger partial charge in [0.2, 0.25) is 5.13 Å². The number of carbonyl (C=O) groups excluding carboxylic acids is 1. The third-order valence-electron chi connectivity index (χ3n) is 2.66. The zero-order valence-electron chi connectivity index (χ0n) is 12.7. The van der Waals surface area contributed by atoms with Gasteiger partial charge in [-0.1, -0.05) is 0 Å². The number of benzene rings is 1. The maximum atomic E-state index is 11.2. The van der Waals surface area contributed by atoms with E-state index >= 15 is 0 Å². The quantitative estimate of drug-likeness (QED) is 0.437. The lowest BCUT2D eigenvalue weighted by Crippen LogP contribution is -2.09. The number of hydrogen-bond acceptors (Lipinski definition) is 8. The molecular weight excluding hydrogens is 316 g/mol. The molecule has 1 aromatic carbocycles. The Morgan fingerprint density at radius 3 is 2.87 bits per heavy atom. The molecule has 1 aromatic heterocycles. The average Bonchev–Trinajstić information content (AvgIpc) is 2.95. The van der Waals surface area contributed by atoms with Crippen molar-refractivity contribution in [2.75, 3.05) is 24.4 Å². The zero-order valence-corrected chi connectivity index (χ0v) is 13.5. The van der Waals surface area contributed by atoms with Crippen molar-refractivity contribution in [1.82, 2.24) is 4.98 Å². The van der Waals surface area contributed by atoms with Crippen LogP contribution in [0.5, 0.6) is 5.75 Å². The molecule has 0 amide bonds. The number of thiazole rings is 1. The van der Waals surface area contributed by atoms with Gasteiger partial charge in [0, 0.05) is 5.38 Å². The van der Waals surface area contributed by atoms with Crippen molar-refractivity contribution in [2.24, 2.45) is 5.10 Å². The predicted molar refractivity (Wildman–Crippen MR) is 90.9 cm³/mol. The standard InChI is InChI=1S/C15H18N4O3S/c1-2-21-14(20)7-8-22-12-5-3-11(4-6-12)9-17-19-15-18-13(16)10-23-15/h3-6,9-10H,2,7-8,16H2,1H3,(H,18,19). The van der Waals surface area contributed by atoms with Gasteiger partial charge in [-0.2, -0.15) is 5.10 Å². The molecule has 0 fully saturated rings. The monoisotopic (exact) mass is 334 g/mol. The number of nitrogen functional groups attached to an aromatic ring is 1. The number of rotatable bonds is 8. The van der Waals surface area contributed by atoms with Gasteiger partial charge < -0.3 is 15.2 Å². The molecule has 0 atom stereocenters. The van der Waals surface area contributed by atoms with E-state index in [0.29, 0.717) is 29.9 Å². The van der Waals surface area contributed by atoms with Crippen LogP contribution in [0.1, 0.15) is 18.9 Å². The summed E-state index contributed by atoms with van der Waals surface area (Å²) < 4.78 is 10.3. The Balaban J connectivity index is 1.76. The average molecular weight is 334 g/mol. The molecule has 0 aliphatic heterocycles. The molecule has 0 radical (unpaired) electrons. The van der Waals surface area contributed by atoms with E-state index in [9.17, 15) is 4.79 Å². The number of nitrogens with one attached hydrogen (secondary N) is 1. The van der Waals surface area contributed by atoms with Gasteiger partial charge in [0.15, 0.2) is 0 Å². The third kappa shape index (κ3) is 5.95. The normalized spacial score (nSPS) is 10.7. The van der Waals surface area contributed by atoms with E-state index < -0.39 is 0 Å². The molecule has 0 unspecified atom stereocenters. The van der Waals surface area contributed by atoms with Crippen molar-refractivity contribution < 1.29 is 14.3 Å². The molecule has 2 aromatic rings. The molecule has 0 aliphatic carbocycles. The van der Waals surface area contributed by atoms with Crippen molar-refractivity contribution in [3.63, 3.8) is 0 Å². The lowest BCUT2D eigenvalue weighted by molar-refractivity contribution is -0.143. The van der Waals surface area contributed by atoms with E-state index in [1.807, 2.05) is 24.3 Å². The van der Waals surface area contributed by atoms with E-state index in [1.54, 1.807) is 18.5 Å². The summed E-state index contributed by atoms with van der Waals surface area (Å²) in [5.41, 5.74) is 9.22. The Morgan fingerprint density at radius 2 is 2.22 bits per heavy atom. The van der Waals surface area contributed by atoms with Gasteiger partial charge in [-0.3, -0.25) is 10.2 Å². The first-order valence-corrected chi connectivity index (χ1v) is 7.94. The van der Waals surface area contributed by atoms with E-state index in [0.717, 1.165) is 5.56 Å². The summed E-state index contributed by atoms with van der Waals surface area (Å²) in [4.78, 5) is 15.2. The minimum atomic E-state index is -0.259. The summed E-state index contributed by atoms with van der Waals surface area (Å²) in [6, 6.07) is 7.35. The van der Waals surface area contributed by atoms with Crippen LogP contribution in [-0.4, -0.2) is 30.4 Å². The fraction of sp³-hybridized carbons (Fsp3) is 0.267. The lowest BCUT2D eigenvalue weighted by Gasteiger charge is -2.06. The second kappa shape index (κ2) is 8.74. The highest BCUT2D eigenvalue weighted by Gasteiger charge is 2.02. The first-order valence-electron chi connectivity index (χ1n) is 7.06. The number of aromatic nitrogens is 1. The highest BCUT2D eigenvalue weighted by atomic mass is 32.1. The fourth-order valence-electron chi connectivity index (χ4n) is 1.64. The SMILES string of the molecule is CCOC(=O)CCOc1ccc(C=NNc2nc(N)cs2)cc1. The van der Waals surface area contributed by atoms with Crippen molar-refractivity contribution in [1.29, 1.82) is 0 Å². The number of esters is 1. The highest BCUT2D eigenvalue weighted by molar-refractivity contribution is 7.14. The molecule has 0 aliphatic rings.